The molecule has 0 spiro atoms. The summed E-state index contributed by atoms with van der Waals surface area (Å²) < 4.78 is 0. The SMILES string of the molecule is Cc1c(NCc2ccncc2)cccc1C(=O)[O-]. The Kier molecular flexibility index (Phi) is 3.57. The van der Waals surface area contributed by atoms with E-state index in [0.717, 1.165) is 11.3 Å². The first kappa shape index (κ1) is 12.1. The summed E-state index contributed by atoms with van der Waals surface area (Å²) in [4.78, 5) is 14.8. The van der Waals surface area contributed by atoms with Gasteiger partial charge in [-0.15, -0.1) is 0 Å². The van der Waals surface area contributed by atoms with Crippen molar-refractivity contribution in [1.29, 1.82) is 0 Å². The highest BCUT2D eigenvalue weighted by Crippen LogP contribution is 2.19. The van der Waals surface area contributed by atoms with Gasteiger partial charge in [0.25, 0.3) is 0 Å². The number of carboxylic acid groups (broad SMARTS) is 1. The van der Waals surface area contributed by atoms with Crippen LogP contribution in [0.4, 0.5) is 5.69 Å². The molecule has 0 aliphatic heterocycles. The minimum atomic E-state index is -1.15. The van der Waals surface area contributed by atoms with Crippen LogP contribution in [0, 0.1) is 6.92 Å². The summed E-state index contributed by atoms with van der Waals surface area (Å²) in [5.41, 5.74) is 2.79. The number of carbonyl (C=O) groups excluding carboxylic acids is 1. The van der Waals surface area contributed by atoms with Crippen LogP contribution in [0.25, 0.3) is 0 Å². The van der Waals surface area contributed by atoms with Gasteiger partial charge in [0.15, 0.2) is 0 Å². The fraction of sp³-hybridized carbons (Fsp3) is 0.143. The van der Waals surface area contributed by atoms with E-state index in [1.807, 2.05) is 18.2 Å². The van der Waals surface area contributed by atoms with Crippen molar-refractivity contribution in [2.45, 2.75) is 13.5 Å². The van der Waals surface area contributed by atoms with Gasteiger partial charge in [-0.2, -0.15) is 0 Å². The van der Waals surface area contributed by atoms with E-state index in [4.69, 9.17) is 0 Å². The molecule has 2 rings (SSSR count). The van der Waals surface area contributed by atoms with Crippen LogP contribution in [-0.4, -0.2) is 11.0 Å². The molecule has 0 unspecified atom stereocenters. The number of nitrogens with zero attached hydrogens (tertiary/aromatic N) is 1. The average molecular weight is 241 g/mol. The predicted molar refractivity (Wildman–Crippen MR) is 67.1 cm³/mol. The van der Waals surface area contributed by atoms with Gasteiger partial charge in [0.2, 0.25) is 0 Å². The van der Waals surface area contributed by atoms with Crippen LogP contribution < -0.4 is 10.4 Å². The first-order chi connectivity index (χ1) is 8.68. The van der Waals surface area contributed by atoms with E-state index in [2.05, 4.69) is 10.3 Å². The third-order valence-corrected chi connectivity index (χ3v) is 2.79. The van der Waals surface area contributed by atoms with Gasteiger partial charge in [0, 0.05) is 30.2 Å². The summed E-state index contributed by atoms with van der Waals surface area (Å²) in [6.07, 6.45) is 3.45. The van der Waals surface area contributed by atoms with Crippen molar-refractivity contribution in [1.82, 2.24) is 4.98 Å². The fourth-order valence-electron chi connectivity index (χ4n) is 1.75. The van der Waals surface area contributed by atoms with Crippen molar-refractivity contribution in [3.8, 4) is 0 Å². The Hall–Kier alpha value is -2.36. The summed E-state index contributed by atoms with van der Waals surface area (Å²) >= 11 is 0. The Labute approximate surface area is 105 Å². The third-order valence-electron chi connectivity index (χ3n) is 2.79. The lowest BCUT2D eigenvalue weighted by Crippen LogP contribution is -2.23. The van der Waals surface area contributed by atoms with E-state index in [0.29, 0.717) is 12.1 Å². The summed E-state index contributed by atoms with van der Waals surface area (Å²) in [6.45, 7) is 2.39. The monoisotopic (exact) mass is 241 g/mol. The van der Waals surface area contributed by atoms with Crippen molar-refractivity contribution in [3.05, 3.63) is 59.4 Å². The van der Waals surface area contributed by atoms with Crippen molar-refractivity contribution in [2.24, 2.45) is 0 Å². The lowest BCUT2D eigenvalue weighted by molar-refractivity contribution is -0.255. The normalized spacial score (nSPS) is 10.1. The third kappa shape index (κ3) is 2.66. The van der Waals surface area contributed by atoms with E-state index in [1.54, 1.807) is 31.5 Å². The summed E-state index contributed by atoms with van der Waals surface area (Å²) in [7, 11) is 0. The molecule has 18 heavy (non-hydrogen) atoms. The Morgan fingerprint density at radius 1 is 1.28 bits per heavy atom. The fourth-order valence-corrected chi connectivity index (χ4v) is 1.75. The van der Waals surface area contributed by atoms with E-state index < -0.39 is 5.97 Å². The number of anilines is 1. The second-order valence-electron chi connectivity index (χ2n) is 3.97. The van der Waals surface area contributed by atoms with Crippen molar-refractivity contribution < 1.29 is 9.90 Å². The van der Waals surface area contributed by atoms with Gasteiger partial charge in [-0.3, -0.25) is 4.98 Å². The van der Waals surface area contributed by atoms with E-state index in [9.17, 15) is 9.90 Å². The lowest BCUT2D eigenvalue weighted by Gasteiger charge is -2.13. The molecule has 0 aliphatic rings. The highest BCUT2D eigenvalue weighted by molar-refractivity contribution is 5.89. The molecule has 0 fully saturated rings. The number of aromatic nitrogens is 1. The van der Waals surface area contributed by atoms with Gasteiger partial charge in [0.05, 0.1) is 5.97 Å². The van der Waals surface area contributed by atoms with E-state index in [1.165, 1.54) is 0 Å². The van der Waals surface area contributed by atoms with Crippen LogP contribution in [-0.2, 0) is 6.54 Å². The molecule has 0 radical (unpaired) electrons. The van der Waals surface area contributed by atoms with E-state index in [-0.39, 0.29) is 5.56 Å². The molecule has 1 N–H and O–H groups in total. The van der Waals surface area contributed by atoms with E-state index >= 15 is 0 Å². The number of hydrogen-bond donors (Lipinski definition) is 1. The number of benzene rings is 1. The zero-order valence-corrected chi connectivity index (χ0v) is 10.0. The van der Waals surface area contributed by atoms with Gasteiger partial charge in [0.1, 0.15) is 0 Å². The molecular formula is C14H13N2O2-. The molecule has 1 aromatic carbocycles. The Morgan fingerprint density at radius 3 is 2.67 bits per heavy atom. The Morgan fingerprint density at radius 2 is 2.00 bits per heavy atom. The highest BCUT2D eigenvalue weighted by atomic mass is 16.4. The number of carboxylic acids is 1. The predicted octanol–water partition coefficient (Wildman–Crippen LogP) is 1.37. The molecule has 0 atom stereocenters. The van der Waals surface area contributed by atoms with Gasteiger partial charge in [-0.05, 0) is 36.2 Å². The molecule has 0 saturated heterocycles. The molecule has 1 heterocycles. The van der Waals surface area contributed by atoms with Gasteiger partial charge < -0.3 is 15.2 Å². The van der Waals surface area contributed by atoms with Crippen LogP contribution in [0.5, 0.6) is 0 Å². The summed E-state index contributed by atoms with van der Waals surface area (Å²) in [6, 6.07) is 8.91. The Bertz CT molecular complexity index is 553. The molecule has 4 nitrogen and oxygen atoms in total. The number of nitrogens with one attached hydrogen (secondary N) is 1. The summed E-state index contributed by atoms with van der Waals surface area (Å²) in [5, 5.41) is 14.1. The number of rotatable bonds is 4. The molecule has 0 bridgehead atoms. The minimum absolute atomic E-state index is 0.217. The standard InChI is InChI=1S/C14H14N2O2/c1-10-12(14(17)18)3-2-4-13(10)16-9-11-5-7-15-8-6-11/h2-8,16H,9H2,1H3,(H,17,18)/p-1. The minimum Gasteiger partial charge on any atom is -0.545 e. The molecular weight excluding hydrogens is 228 g/mol. The highest BCUT2D eigenvalue weighted by Gasteiger charge is 2.04. The first-order valence-corrected chi connectivity index (χ1v) is 5.62. The first-order valence-electron chi connectivity index (χ1n) is 5.62. The molecule has 0 amide bonds. The largest absolute Gasteiger partial charge is 0.545 e. The smallest absolute Gasteiger partial charge is 0.0718 e. The van der Waals surface area contributed by atoms with Crippen LogP contribution in [0.15, 0.2) is 42.7 Å². The number of hydrogen-bond acceptors (Lipinski definition) is 4. The molecule has 1 aromatic heterocycles. The second-order valence-corrected chi connectivity index (χ2v) is 3.97. The zero-order valence-electron chi connectivity index (χ0n) is 10.0. The van der Waals surface area contributed by atoms with Crippen LogP contribution in [0.2, 0.25) is 0 Å². The number of aromatic carboxylic acids is 1. The quantitative estimate of drug-likeness (QED) is 0.878. The zero-order chi connectivity index (χ0) is 13.0. The van der Waals surface area contributed by atoms with Gasteiger partial charge >= 0.3 is 0 Å². The Balaban J connectivity index is 2.15. The molecule has 92 valence electrons. The maximum atomic E-state index is 10.9. The lowest BCUT2D eigenvalue weighted by atomic mass is 10.1. The molecule has 4 heteroatoms. The molecule has 0 saturated carbocycles. The number of carbonyl (C=O) groups is 1. The summed E-state index contributed by atoms with van der Waals surface area (Å²) in [5.74, 6) is -1.15. The average Bonchev–Trinajstić information content (AvgIpc) is 2.38. The van der Waals surface area contributed by atoms with Gasteiger partial charge in [-0.1, -0.05) is 12.1 Å². The van der Waals surface area contributed by atoms with Crippen LogP contribution in [0.3, 0.4) is 0 Å². The van der Waals surface area contributed by atoms with Crippen molar-refractivity contribution >= 4 is 11.7 Å². The van der Waals surface area contributed by atoms with Crippen LogP contribution >= 0.6 is 0 Å². The maximum Gasteiger partial charge on any atom is 0.0718 e. The van der Waals surface area contributed by atoms with Crippen molar-refractivity contribution in [3.63, 3.8) is 0 Å². The maximum absolute atomic E-state index is 10.9. The molecule has 2 aromatic rings. The second kappa shape index (κ2) is 5.31. The van der Waals surface area contributed by atoms with Crippen molar-refractivity contribution in [2.75, 3.05) is 5.32 Å². The number of pyridine rings is 1. The van der Waals surface area contributed by atoms with Crippen LogP contribution in [0.1, 0.15) is 21.5 Å². The molecule has 0 aliphatic carbocycles. The van der Waals surface area contributed by atoms with Gasteiger partial charge in [-0.25, -0.2) is 0 Å². The topological polar surface area (TPSA) is 65.0 Å².